The standard InChI is InChI=1S/C9H14N4O/c1-12(2)9(14)13(3)8-4-5-11-6-7(8)10/h4-6H,10H2,1-3H3. The molecule has 0 fully saturated rings. The maximum Gasteiger partial charge on any atom is 0.323 e. The summed E-state index contributed by atoms with van der Waals surface area (Å²) in [5.74, 6) is 0. The Morgan fingerprint density at radius 3 is 2.57 bits per heavy atom. The summed E-state index contributed by atoms with van der Waals surface area (Å²) < 4.78 is 0. The molecule has 1 aromatic rings. The molecule has 2 amide bonds. The molecule has 14 heavy (non-hydrogen) atoms. The Hall–Kier alpha value is -1.78. The van der Waals surface area contributed by atoms with Crippen molar-refractivity contribution < 1.29 is 4.79 Å². The molecule has 5 nitrogen and oxygen atoms in total. The Morgan fingerprint density at radius 1 is 1.43 bits per heavy atom. The molecule has 0 bridgehead atoms. The molecule has 1 rings (SSSR count). The summed E-state index contributed by atoms with van der Waals surface area (Å²) in [6.07, 6.45) is 3.12. The van der Waals surface area contributed by atoms with Gasteiger partial charge in [-0.2, -0.15) is 0 Å². The summed E-state index contributed by atoms with van der Waals surface area (Å²) in [6, 6.07) is 1.58. The largest absolute Gasteiger partial charge is 0.396 e. The van der Waals surface area contributed by atoms with Gasteiger partial charge in [0.15, 0.2) is 0 Å². The van der Waals surface area contributed by atoms with Crippen LogP contribution in [0.2, 0.25) is 0 Å². The van der Waals surface area contributed by atoms with Crippen LogP contribution in [-0.2, 0) is 0 Å². The maximum atomic E-state index is 11.6. The van der Waals surface area contributed by atoms with Crippen molar-refractivity contribution in [3.63, 3.8) is 0 Å². The summed E-state index contributed by atoms with van der Waals surface area (Å²) in [6.45, 7) is 0. The van der Waals surface area contributed by atoms with Crippen molar-refractivity contribution >= 4 is 17.4 Å². The van der Waals surface area contributed by atoms with E-state index in [-0.39, 0.29) is 6.03 Å². The van der Waals surface area contributed by atoms with E-state index in [0.29, 0.717) is 11.4 Å². The van der Waals surface area contributed by atoms with Crippen molar-refractivity contribution in [2.45, 2.75) is 0 Å². The minimum atomic E-state index is -0.122. The number of rotatable bonds is 1. The highest BCUT2D eigenvalue weighted by molar-refractivity contribution is 5.94. The van der Waals surface area contributed by atoms with Crippen LogP contribution in [0.1, 0.15) is 0 Å². The molecule has 0 spiro atoms. The van der Waals surface area contributed by atoms with Crippen LogP contribution in [0.5, 0.6) is 0 Å². The fourth-order valence-corrected chi connectivity index (χ4v) is 1.11. The molecular formula is C9H14N4O. The van der Waals surface area contributed by atoms with Gasteiger partial charge in [-0.25, -0.2) is 4.79 Å². The second-order valence-electron chi connectivity index (χ2n) is 3.17. The summed E-state index contributed by atoms with van der Waals surface area (Å²) in [5.41, 5.74) is 6.84. The number of nitrogens with zero attached hydrogens (tertiary/aromatic N) is 3. The van der Waals surface area contributed by atoms with Crippen LogP contribution in [-0.4, -0.2) is 37.1 Å². The van der Waals surface area contributed by atoms with Crippen LogP contribution >= 0.6 is 0 Å². The molecule has 5 heteroatoms. The third-order valence-electron chi connectivity index (χ3n) is 1.86. The average Bonchev–Trinajstić information content (AvgIpc) is 2.16. The van der Waals surface area contributed by atoms with E-state index >= 15 is 0 Å². The number of carbonyl (C=O) groups excluding carboxylic acids is 1. The number of aromatic nitrogens is 1. The van der Waals surface area contributed by atoms with Gasteiger partial charge < -0.3 is 10.6 Å². The topological polar surface area (TPSA) is 62.5 Å². The number of hydrogen-bond donors (Lipinski definition) is 1. The fourth-order valence-electron chi connectivity index (χ4n) is 1.11. The summed E-state index contributed by atoms with van der Waals surface area (Å²) in [5, 5.41) is 0. The Kier molecular flexibility index (Phi) is 2.91. The Balaban J connectivity index is 2.95. The van der Waals surface area contributed by atoms with Crippen molar-refractivity contribution in [2.24, 2.45) is 0 Å². The van der Waals surface area contributed by atoms with Crippen molar-refractivity contribution in [3.8, 4) is 0 Å². The van der Waals surface area contributed by atoms with E-state index in [9.17, 15) is 4.79 Å². The zero-order valence-electron chi connectivity index (χ0n) is 8.56. The van der Waals surface area contributed by atoms with Crippen LogP contribution in [0.3, 0.4) is 0 Å². The Bertz CT molecular complexity index is 337. The van der Waals surface area contributed by atoms with Crippen LogP contribution in [0.4, 0.5) is 16.2 Å². The first-order valence-electron chi connectivity index (χ1n) is 4.18. The van der Waals surface area contributed by atoms with Crippen molar-refractivity contribution in [1.82, 2.24) is 9.88 Å². The zero-order valence-corrected chi connectivity index (χ0v) is 8.56. The van der Waals surface area contributed by atoms with Gasteiger partial charge in [0.2, 0.25) is 0 Å². The number of carbonyl (C=O) groups is 1. The number of nitrogen functional groups attached to an aromatic ring is 1. The quantitative estimate of drug-likeness (QED) is 0.718. The smallest absolute Gasteiger partial charge is 0.323 e. The predicted molar refractivity (Wildman–Crippen MR) is 56.1 cm³/mol. The van der Waals surface area contributed by atoms with Gasteiger partial charge in [0, 0.05) is 27.3 Å². The van der Waals surface area contributed by atoms with Crippen molar-refractivity contribution in [1.29, 1.82) is 0 Å². The van der Waals surface area contributed by atoms with Gasteiger partial charge in [-0.15, -0.1) is 0 Å². The molecular weight excluding hydrogens is 180 g/mol. The molecule has 76 valence electrons. The molecule has 2 N–H and O–H groups in total. The van der Waals surface area contributed by atoms with E-state index in [1.807, 2.05) is 0 Å². The molecule has 0 unspecified atom stereocenters. The summed E-state index contributed by atoms with van der Waals surface area (Å²) in [4.78, 5) is 18.4. The van der Waals surface area contributed by atoms with E-state index in [2.05, 4.69) is 4.98 Å². The van der Waals surface area contributed by atoms with E-state index < -0.39 is 0 Å². The predicted octanol–water partition coefficient (Wildman–Crippen LogP) is 0.782. The third kappa shape index (κ3) is 1.93. The number of hydrogen-bond acceptors (Lipinski definition) is 3. The summed E-state index contributed by atoms with van der Waals surface area (Å²) in [7, 11) is 5.06. The van der Waals surface area contributed by atoms with Crippen LogP contribution in [0.15, 0.2) is 18.5 Å². The Labute approximate surface area is 83.1 Å². The van der Waals surface area contributed by atoms with Gasteiger partial charge >= 0.3 is 6.03 Å². The van der Waals surface area contributed by atoms with Gasteiger partial charge in [0.1, 0.15) is 0 Å². The zero-order chi connectivity index (χ0) is 10.7. The number of nitrogens with two attached hydrogens (primary N) is 1. The lowest BCUT2D eigenvalue weighted by molar-refractivity contribution is 0.225. The van der Waals surface area contributed by atoms with E-state index in [1.165, 1.54) is 16.0 Å². The summed E-state index contributed by atoms with van der Waals surface area (Å²) >= 11 is 0. The van der Waals surface area contributed by atoms with Crippen molar-refractivity contribution in [2.75, 3.05) is 31.8 Å². The lowest BCUT2D eigenvalue weighted by Crippen LogP contribution is -2.36. The van der Waals surface area contributed by atoms with Crippen molar-refractivity contribution in [3.05, 3.63) is 18.5 Å². The van der Waals surface area contributed by atoms with Gasteiger partial charge in [-0.05, 0) is 6.07 Å². The minimum Gasteiger partial charge on any atom is -0.396 e. The molecule has 0 aromatic carbocycles. The van der Waals surface area contributed by atoms with Gasteiger partial charge in [-0.3, -0.25) is 9.88 Å². The fraction of sp³-hybridized carbons (Fsp3) is 0.333. The van der Waals surface area contributed by atoms with Crippen LogP contribution in [0, 0.1) is 0 Å². The molecule has 0 aliphatic carbocycles. The second kappa shape index (κ2) is 3.95. The van der Waals surface area contributed by atoms with E-state index in [0.717, 1.165) is 0 Å². The first-order chi connectivity index (χ1) is 6.54. The van der Waals surface area contributed by atoms with Gasteiger partial charge in [-0.1, -0.05) is 0 Å². The highest BCUT2D eigenvalue weighted by Crippen LogP contribution is 2.20. The SMILES string of the molecule is CN(C)C(=O)N(C)c1ccncc1N. The van der Waals surface area contributed by atoms with Gasteiger partial charge in [0.05, 0.1) is 17.6 Å². The lowest BCUT2D eigenvalue weighted by Gasteiger charge is -2.22. The van der Waals surface area contributed by atoms with Crippen LogP contribution in [0.25, 0.3) is 0 Å². The Morgan fingerprint density at radius 2 is 2.07 bits per heavy atom. The maximum absolute atomic E-state index is 11.6. The number of amides is 2. The highest BCUT2D eigenvalue weighted by Gasteiger charge is 2.14. The molecule has 1 heterocycles. The van der Waals surface area contributed by atoms with E-state index in [4.69, 9.17) is 5.73 Å². The molecule has 0 aliphatic rings. The normalized spacial score (nSPS) is 9.64. The molecule has 0 aliphatic heterocycles. The molecule has 0 atom stereocenters. The van der Waals surface area contributed by atoms with E-state index in [1.54, 1.807) is 33.4 Å². The highest BCUT2D eigenvalue weighted by atomic mass is 16.2. The molecule has 0 saturated carbocycles. The number of anilines is 2. The molecule has 1 aromatic heterocycles. The molecule has 0 saturated heterocycles. The monoisotopic (exact) mass is 194 g/mol. The third-order valence-corrected chi connectivity index (χ3v) is 1.86. The first kappa shape index (κ1) is 10.3. The second-order valence-corrected chi connectivity index (χ2v) is 3.17. The first-order valence-corrected chi connectivity index (χ1v) is 4.18. The number of urea groups is 1. The molecule has 0 radical (unpaired) electrons. The number of pyridine rings is 1. The minimum absolute atomic E-state index is 0.122. The van der Waals surface area contributed by atoms with Gasteiger partial charge in [0.25, 0.3) is 0 Å². The average molecular weight is 194 g/mol. The van der Waals surface area contributed by atoms with Crippen LogP contribution < -0.4 is 10.6 Å². The lowest BCUT2D eigenvalue weighted by atomic mass is 10.3.